The molecular weight excluding hydrogens is 410 g/mol. The van der Waals surface area contributed by atoms with Crippen LogP contribution in [0.3, 0.4) is 0 Å². The number of hydrogen-bond donors (Lipinski definition) is 0. The second kappa shape index (κ2) is 6.37. The third-order valence-corrected chi connectivity index (χ3v) is 9.26. The van der Waals surface area contributed by atoms with Crippen molar-refractivity contribution in [1.29, 1.82) is 0 Å². The van der Waals surface area contributed by atoms with Crippen LogP contribution in [0.15, 0.2) is 30.0 Å². The van der Waals surface area contributed by atoms with E-state index in [9.17, 15) is 4.79 Å². The lowest BCUT2D eigenvalue weighted by Crippen LogP contribution is -2.53. The number of fused-ring (bicyclic) bond motifs is 2. The quantitative estimate of drug-likeness (QED) is 0.616. The molecule has 3 aromatic heterocycles. The summed E-state index contributed by atoms with van der Waals surface area (Å²) in [7, 11) is 2.13. The highest BCUT2D eigenvalue weighted by atomic mass is 16.2. The minimum absolute atomic E-state index is 0.276. The summed E-state index contributed by atoms with van der Waals surface area (Å²) in [5, 5.41) is 1.17. The fraction of sp³-hybridized carbons (Fsp3) is 0.519. The normalized spacial score (nSPS) is 29.4. The predicted octanol–water partition coefficient (Wildman–Crippen LogP) is 4.04. The molecule has 5 aliphatic rings. The molecular formula is C27H29N5O. The zero-order valence-corrected chi connectivity index (χ0v) is 19.1. The number of nitrogens with zero attached hydrogens (tertiary/aromatic N) is 5. The topological polar surface area (TPSA) is 56.0 Å². The number of hydrogen-bond acceptors (Lipinski definition) is 3. The third-order valence-electron chi connectivity index (χ3n) is 9.26. The van der Waals surface area contributed by atoms with Crippen LogP contribution in [0.5, 0.6) is 0 Å². The Morgan fingerprint density at radius 2 is 2.09 bits per heavy atom. The van der Waals surface area contributed by atoms with Gasteiger partial charge in [-0.15, -0.1) is 0 Å². The standard InChI is InChI=1S/C27H29N5O/c1-30-21-7-6-17(27(33)32-14-19-9-18-12-22(32)24(18)19)10-20(21)29-26(30)23-11-16-3-2-8-28-25(16)31(23)13-15-4-5-15/h2-3,8,10-11,15,18-19,22,24H,4-7,9,12-14H2,1H3/t18?,19-,22-,24-/m1/s1. The first-order valence-electron chi connectivity index (χ1n) is 12.7. The first kappa shape index (κ1) is 18.5. The molecule has 4 aliphatic carbocycles. The summed E-state index contributed by atoms with van der Waals surface area (Å²) in [6, 6.07) is 6.91. The molecule has 1 amide bonds. The molecule has 0 N–H and O–H groups in total. The molecule has 6 nitrogen and oxygen atoms in total. The molecule has 1 aliphatic heterocycles. The second-order valence-electron chi connectivity index (χ2n) is 11.1. The van der Waals surface area contributed by atoms with Gasteiger partial charge in [0.05, 0.1) is 11.4 Å². The first-order chi connectivity index (χ1) is 16.2. The van der Waals surface area contributed by atoms with E-state index in [-0.39, 0.29) is 5.91 Å². The van der Waals surface area contributed by atoms with Gasteiger partial charge >= 0.3 is 0 Å². The van der Waals surface area contributed by atoms with Crippen LogP contribution < -0.4 is 0 Å². The summed E-state index contributed by atoms with van der Waals surface area (Å²) in [5.41, 5.74) is 5.37. The number of pyridine rings is 1. The Morgan fingerprint density at radius 3 is 2.91 bits per heavy atom. The van der Waals surface area contributed by atoms with E-state index in [1.54, 1.807) is 0 Å². The van der Waals surface area contributed by atoms with E-state index in [1.165, 1.54) is 36.8 Å². The fourth-order valence-electron chi connectivity index (χ4n) is 7.25. The molecule has 1 unspecified atom stereocenters. The summed E-state index contributed by atoms with van der Waals surface area (Å²) >= 11 is 0. The lowest BCUT2D eigenvalue weighted by molar-refractivity contribution is -0.131. The van der Waals surface area contributed by atoms with Crippen LogP contribution in [-0.4, -0.2) is 42.5 Å². The molecule has 168 valence electrons. The van der Waals surface area contributed by atoms with Crippen molar-refractivity contribution in [2.45, 2.75) is 51.1 Å². The number of likely N-dealkylation sites (tertiary alicyclic amines) is 1. The summed E-state index contributed by atoms with van der Waals surface area (Å²) < 4.78 is 4.61. The van der Waals surface area contributed by atoms with Crippen molar-refractivity contribution in [2.75, 3.05) is 6.54 Å². The number of aromatic nitrogens is 4. The van der Waals surface area contributed by atoms with Crippen molar-refractivity contribution in [1.82, 2.24) is 24.0 Å². The van der Waals surface area contributed by atoms with Crippen LogP contribution in [0.4, 0.5) is 0 Å². The maximum atomic E-state index is 13.4. The van der Waals surface area contributed by atoms with E-state index in [4.69, 9.17) is 9.97 Å². The van der Waals surface area contributed by atoms with Gasteiger partial charge in [-0.3, -0.25) is 4.79 Å². The molecule has 0 bridgehead atoms. The van der Waals surface area contributed by atoms with Gasteiger partial charge in [-0.1, -0.05) is 0 Å². The van der Waals surface area contributed by atoms with E-state index < -0.39 is 0 Å². The molecule has 3 aromatic rings. The number of carbonyl (C=O) groups excluding carboxylic acids is 1. The number of rotatable bonds is 4. The van der Waals surface area contributed by atoms with E-state index in [0.29, 0.717) is 6.04 Å². The zero-order valence-electron chi connectivity index (χ0n) is 19.1. The SMILES string of the molecule is Cn1c(-c2cc3cccnc3n2CC2CC2)nc2c1CCC(C(=O)N1C[C@H]3CC4C[C@@H]1[C@H]43)=C2. The van der Waals surface area contributed by atoms with Crippen molar-refractivity contribution in [3.05, 3.63) is 41.4 Å². The van der Waals surface area contributed by atoms with Crippen LogP contribution in [0.25, 0.3) is 28.6 Å². The third kappa shape index (κ3) is 2.52. The highest BCUT2D eigenvalue weighted by Crippen LogP contribution is 2.60. The van der Waals surface area contributed by atoms with Gasteiger partial charge in [0, 0.05) is 49.0 Å². The second-order valence-corrected chi connectivity index (χ2v) is 11.1. The van der Waals surface area contributed by atoms with Gasteiger partial charge in [-0.05, 0) is 86.5 Å². The van der Waals surface area contributed by atoms with Gasteiger partial charge in [-0.25, -0.2) is 9.97 Å². The van der Waals surface area contributed by atoms with Gasteiger partial charge in [0.2, 0.25) is 5.91 Å². The number of amides is 1. The minimum atomic E-state index is 0.276. The highest BCUT2D eigenvalue weighted by molar-refractivity contribution is 5.99. The molecule has 6 heteroatoms. The molecule has 4 fully saturated rings. The van der Waals surface area contributed by atoms with Gasteiger partial charge < -0.3 is 14.0 Å². The molecule has 1 saturated heterocycles. The number of carbonyl (C=O) groups is 1. The summed E-state index contributed by atoms with van der Waals surface area (Å²) in [5.74, 6) is 4.53. The van der Waals surface area contributed by atoms with Crippen LogP contribution in [0.2, 0.25) is 0 Å². The van der Waals surface area contributed by atoms with Crippen LogP contribution >= 0.6 is 0 Å². The van der Waals surface area contributed by atoms with Crippen LogP contribution in [0, 0.1) is 23.7 Å². The molecule has 4 heterocycles. The fourth-order valence-corrected chi connectivity index (χ4v) is 7.25. The van der Waals surface area contributed by atoms with E-state index in [2.05, 4.69) is 39.3 Å². The molecule has 33 heavy (non-hydrogen) atoms. The lowest BCUT2D eigenvalue weighted by Gasteiger charge is -2.52. The largest absolute Gasteiger partial charge is 0.335 e. The Hall–Kier alpha value is -2.89. The van der Waals surface area contributed by atoms with Crippen molar-refractivity contribution < 1.29 is 4.79 Å². The van der Waals surface area contributed by atoms with Crippen molar-refractivity contribution in [2.24, 2.45) is 30.7 Å². The average molecular weight is 440 g/mol. The van der Waals surface area contributed by atoms with Crippen LogP contribution in [-0.2, 0) is 24.8 Å². The molecule has 3 saturated carbocycles. The molecule has 0 radical (unpaired) electrons. The van der Waals surface area contributed by atoms with Gasteiger partial charge in [0.15, 0.2) is 5.82 Å². The Bertz CT molecular complexity index is 1360. The first-order valence-corrected chi connectivity index (χ1v) is 12.7. The average Bonchev–Trinajstić information content (AvgIpc) is 3.48. The maximum absolute atomic E-state index is 13.4. The van der Waals surface area contributed by atoms with Crippen LogP contribution in [0.1, 0.15) is 43.5 Å². The monoisotopic (exact) mass is 439 g/mol. The van der Waals surface area contributed by atoms with E-state index in [0.717, 1.165) is 78.0 Å². The van der Waals surface area contributed by atoms with Crippen molar-refractivity contribution >= 4 is 23.0 Å². The summed E-state index contributed by atoms with van der Waals surface area (Å²) in [6.07, 6.45) is 10.9. The maximum Gasteiger partial charge on any atom is 0.250 e. The van der Waals surface area contributed by atoms with E-state index in [1.807, 2.05) is 12.3 Å². The molecule has 8 rings (SSSR count). The summed E-state index contributed by atoms with van der Waals surface area (Å²) in [4.78, 5) is 25.4. The van der Waals surface area contributed by atoms with Gasteiger partial charge in [0.25, 0.3) is 0 Å². The van der Waals surface area contributed by atoms with Gasteiger partial charge in [-0.2, -0.15) is 0 Å². The van der Waals surface area contributed by atoms with E-state index >= 15 is 0 Å². The minimum Gasteiger partial charge on any atom is -0.335 e. The summed E-state index contributed by atoms with van der Waals surface area (Å²) in [6.45, 7) is 1.99. The zero-order chi connectivity index (χ0) is 21.8. The van der Waals surface area contributed by atoms with Gasteiger partial charge in [0.1, 0.15) is 5.65 Å². The number of imidazole rings is 1. The predicted molar refractivity (Wildman–Crippen MR) is 126 cm³/mol. The molecule has 4 atom stereocenters. The Labute approximate surface area is 193 Å². The van der Waals surface area contributed by atoms with Crippen molar-refractivity contribution in [3.8, 4) is 11.5 Å². The Kier molecular flexibility index (Phi) is 3.57. The highest BCUT2D eigenvalue weighted by Gasteiger charge is 2.61. The Balaban J connectivity index is 1.17. The van der Waals surface area contributed by atoms with Crippen molar-refractivity contribution in [3.63, 3.8) is 0 Å². The smallest absolute Gasteiger partial charge is 0.250 e. The lowest BCUT2D eigenvalue weighted by atomic mass is 9.53. The molecule has 0 spiro atoms. The Morgan fingerprint density at radius 1 is 1.18 bits per heavy atom. The molecule has 0 aromatic carbocycles.